The Labute approximate surface area is 176 Å². The van der Waals surface area contributed by atoms with Crippen LogP contribution in [-0.2, 0) is 9.59 Å². The van der Waals surface area contributed by atoms with Crippen molar-refractivity contribution < 1.29 is 19.8 Å². The van der Waals surface area contributed by atoms with Gasteiger partial charge in [-0.3, -0.25) is 9.59 Å². The summed E-state index contributed by atoms with van der Waals surface area (Å²) in [5.41, 5.74) is 3.46. The molecule has 1 unspecified atom stereocenters. The normalized spacial score (nSPS) is 21.9. The summed E-state index contributed by atoms with van der Waals surface area (Å²) in [6, 6.07) is 11.4. The van der Waals surface area contributed by atoms with Gasteiger partial charge in [0.1, 0.15) is 11.5 Å². The minimum absolute atomic E-state index is 0.0287. The zero-order chi connectivity index (χ0) is 21.4. The standard InChI is InChI=1S/C25H27NO4/c1-15-8-9-18(14-16(15)2)23(28)21-22(17-10-12-20(27)13-11-17)26(25(30)24(21)29)19-6-4-3-5-7-19/h8-14,19,22,27-28H,3-7H2,1-2H3/b23-21-. The number of nitrogens with zero attached hydrogens (tertiary/aromatic N) is 1. The maximum absolute atomic E-state index is 13.1. The molecular formula is C25H27NO4. The van der Waals surface area contributed by atoms with Crippen LogP contribution in [0.3, 0.4) is 0 Å². The van der Waals surface area contributed by atoms with E-state index in [1.165, 1.54) is 0 Å². The number of carbonyl (C=O) groups excluding carboxylic acids is 2. The molecule has 30 heavy (non-hydrogen) atoms. The first-order valence-corrected chi connectivity index (χ1v) is 10.5. The predicted molar refractivity (Wildman–Crippen MR) is 115 cm³/mol. The number of phenolic OH excluding ortho intramolecular Hbond substituents is 1. The van der Waals surface area contributed by atoms with Crippen molar-refractivity contribution in [3.05, 3.63) is 70.3 Å². The molecule has 5 heteroatoms. The molecule has 2 aliphatic rings. The highest BCUT2D eigenvalue weighted by Crippen LogP contribution is 2.43. The van der Waals surface area contributed by atoms with Gasteiger partial charge < -0.3 is 15.1 Å². The minimum atomic E-state index is -0.657. The average molecular weight is 405 g/mol. The number of likely N-dealkylation sites (tertiary alicyclic amines) is 1. The molecule has 1 heterocycles. The number of amides is 1. The Morgan fingerprint density at radius 3 is 2.23 bits per heavy atom. The summed E-state index contributed by atoms with van der Waals surface area (Å²) in [6.07, 6.45) is 4.88. The number of aliphatic hydroxyl groups excluding tert-OH is 1. The van der Waals surface area contributed by atoms with E-state index in [-0.39, 0.29) is 23.1 Å². The molecular weight excluding hydrogens is 378 g/mol. The van der Waals surface area contributed by atoms with E-state index in [4.69, 9.17) is 0 Å². The third-order valence-electron chi connectivity index (χ3n) is 6.44. The van der Waals surface area contributed by atoms with Gasteiger partial charge in [-0.05, 0) is 61.6 Å². The summed E-state index contributed by atoms with van der Waals surface area (Å²) in [4.78, 5) is 27.9. The van der Waals surface area contributed by atoms with E-state index in [1.54, 1.807) is 35.2 Å². The van der Waals surface area contributed by atoms with E-state index in [1.807, 2.05) is 26.0 Å². The molecule has 1 aliphatic heterocycles. The van der Waals surface area contributed by atoms with Crippen molar-refractivity contribution in [2.45, 2.75) is 58.0 Å². The third-order valence-corrected chi connectivity index (χ3v) is 6.44. The largest absolute Gasteiger partial charge is 0.508 e. The predicted octanol–water partition coefficient (Wildman–Crippen LogP) is 4.76. The van der Waals surface area contributed by atoms with Crippen LogP contribution in [0.5, 0.6) is 5.75 Å². The Hall–Kier alpha value is -3.08. The molecule has 1 amide bonds. The molecule has 1 atom stereocenters. The Bertz CT molecular complexity index is 1020. The van der Waals surface area contributed by atoms with Gasteiger partial charge in [-0.25, -0.2) is 0 Å². The lowest BCUT2D eigenvalue weighted by atomic mass is 9.90. The molecule has 1 saturated carbocycles. The van der Waals surface area contributed by atoms with Crippen LogP contribution in [0, 0.1) is 13.8 Å². The minimum Gasteiger partial charge on any atom is -0.508 e. The summed E-state index contributed by atoms with van der Waals surface area (Å²) in [7, 11) is 0. The fraction of sp³-hybridized carbons (Fsp3) is 0.360. The van der Waals surface area contributed by atoms with Crippen LogP contribution in [0.15, 0.2) is 48.0 Å². The lowest BCUT2D eigenvalue weighted by Gasteiger charge is -2.35. The van der Waals surface area contributed by atoms with Crippen molar-refractivity contribution >= 4 is 17.4 Å². The van der Waals surface area contributed by atoms with Gasteiger partial charge in [0.25, 0.3) is 11.7 Å². The molecule has 2 aromatic rings. The second-order valence-corrected chi connectivity index (χ2v) is 8.39. The van der Waals surface area contributed by atoms with Gasteiger partial charge in [0, 0.05) is 11.6 Å². The van der Waals surface area contributed by atoms with Crippen LogP contribution >= 0.6 is 0 Å². The summed E-state index contributed by atoms with van der Waals surface area (Å²) in [5.74, 6) is -1.23. The number of Topliss-reactive ketones (excluding diaryl/α,β-unsaturated/α-hetero) is 1. The van der Waals surface area contributed by atoms with Gasteiger partial charge in [0.15, 0.2) is 0 Å². The number of carbonyl (C=O) groups is 2. The molecule has 2 N–H and O–H groups in total. The number of phenols is 1. The van der Waals surface area contributed by atoms with Crippen LogP contribution in [0.2, 0.25) is 0 Å². The average Bonchev–Trinajstić information content (AvgIpc) is 3.01. The highest BCUT2D eigenvalue weighted by Gasteiger charge is 2.48. The van der Waals surface area contributed by atoms with Crippen LogP contribution in [0.1, 0.15) is 60.4 Å². The number of hydrogen-bond acceptors (Lipinski definition) is 4. The van der Waals surface area contributed by atoms with Crippen molar-refractivity contribution in [2.24, 2.45) is 0 Å². The van der Waals surface area contributed by atoms with Crippen LogP contribution in [0.25, 0.3) is 5.76 Å². The van der Waals surface area contributed by atoms with Crippen molar-refractivity contribution in [1.29, 1.82) is 0 Å². The van der Waals surface area contributed by atoms with Gasteiger partial charge >= 0.3 is 0 Å². The molecule has 0 spiro atoms. The van der Waals surface area contributed by atoms with Gasteiger partial charge in [0.2, 0.25) is 0 Å². The summed E-state index contributed by atoms with van der Waals surface area (Å²) in [5, 5.41) is 20.9. The number of rotatable bonds is 3. The van der Waals surface area contributed by atoms with Crippen LogP contribution in [-0.4, -0.2) is 32.8 Å². The lowest BCUT2D eigenvalue weighted by molar-refractivity contribution is -0.141. The first-order valence-electron chi connectivity index (χ1n) is 10.5. The molecule has 2 fully saturated rings. The van der Waals surface area contributed by atoms with E-state index in [0.29, 0.717) is 11.1 Å². The number of benzene rings is 2. The topological polar surface area (TPSA) is 77.8 Å². The molecule has 2 aromatic carbocycles. The third kappa shape index (κ3) is 3.49. The van der Waals surface area contributed by atoms with Crippen molar-refractivity contribution in [3.63, 3.8) is 0 Å². The van der Waals surface area contributed by atoms with E-state index < -0.39 is 17.7 Å². The first-order chi connectivity index (χ1) is 14.4. The maximum atomic E-state index is 13.1. The maximum Gasteiger partial charge on any atom is 0.295 e. The van der Waals surface area contributed by atoms with E-state index in [2.05, 4.69) is 0 Å². The van der Waals surface area contributed by atoms with Crippen molar-refractivity contribution in [3.8, 4) is 5.75 Å². The lowest BCUT2D eigenvalue weighted by Crippen LogP contribution is -2.40. The Balaban J connectivity index is 1.88. The second kappa shape index (κ2) is 7.98. The number of aromatic hydroxyl groups is 1. The Morgan fingerprint density at radius 2 is 1.60 bits per heavy atom. The summed E-state index contributed by atoms with van der Waals surface area (Å²) in [6.45, 7) is 3.93. The SMILES string of the molecule is Cc1ccc(/C(O)=C2/C(=O)C(=O)N(C3CCCCC3)C2c2ccc(O)cc2)cc1C. The molecule has 0 aromatic heterocycles. The molecule has 4 rings (SSSR count). The van der Waals surface area contributed by atoms with Gasteiger partial charge in [-0.1, -0.05) is 43.5 Å². The molecule has 0 bridgehead atoms. The van der Waals surface area contributed by atoms with E-state index in [9.17, 15) is 19.8 Å². The number of aryl methyl sites for hydroxylation is 2. The van der Waals surface area contributed by atoms with Gasteiger partial charge in [-0.15, -0.1) is 0 Å². The van der Waals surface area contributed by atoms with Crippen LogP contribution in [0.4, 0.5) is 0 Å². The summed E-state index contributed by atoms with van der Waals surface area (Å²) < 4.78 is 0. The fourth-order valence-electron chi connectivity index (χ4n) is 4.61. The number of aliphatic hydroxyl groups is 1. The zero-order valence-corrected chi connectivity index (χ0v) is 17.4. The highest BCUT2D eigenvalue weighted by atomic mass is 16.3. The van der Waals surface area contributed by atoms with Gasteiger partial charge in [0.05, 0.1) is 11.6 Å². The Kier molecular flexibility index (Phi) is 5.37. The van der Waals surface area contributed by atoms with E-state index in [0.717, 1.165) is 43.2 Å². The van der Waals surface area contributed by atoms with Crippen LogP contribution < -0.4 is 0 Å². The zero-order valence-electron chi connectivity index (χ0n) is 17.4. The van der Waals surface area contributed by atoms with E-state index >= 15 is 0 Å². The molecule has 1 saturated heterocycles. The summed E-state index contributed by atoms with van der Waals surface area (Å²) >= 11 is 0. The number of ketones is 1. The molecule has 1 aliphatic carbocycles. The smallest absolute Gasteiger partial charge is 0.295 e. The van der Waals surface area contributed by atoms with Gasteiger partial charge in [-0.2, -0.15) is 0 Å². The van der Waals surface area contributed by atoms with Crippen molar-refractivity contribution in [2.75, 3.05) is 0 Å². The quantitative estimate of drug-likeness (QED) is 0.438. The Morgan fingerprint density at radius 1 is 0.933 bits per heavy atom. The van der Waals surface area contributed by atoms with Crippen molar-refractivity contribution in [1.82, 2.24) is 4.90 Å². The number of hydrogen-bond donors (Lipinski definition) is 2. The highest BCUT2D eigenvalue weighted by molar-refractivity contribution is 6.46. The fourth-order valence-corrected chi connectivity index (χ4v) is 4.61. The molecule has 0 radical (unpaired) electrons. The molecule has 5 nitrogen and oxygen atoms in total. The second-order valence-electron chi connectivity index (χ2n) is 8.39. The first kappa shape index (κ1) is 20.2. The monoisotopic (exact) mass is 405 g/mol. The molecule has 156 valence electrons.